The molecule has 1 aromatic carbocycles. The third-order valence-corrected chi connectivity index (χ3v) is 6.70. The van der Waals surface area contributed by atoms with Crippen LogP contribution in [-0.2, 0) is 9.59 Å². The first-order valence-corrected chi connectivity index (χ1v) is 10.8. The van der Waals surface area contributed by atoms with E-state index < -0.39 is 5.92 Å². The van der Waals surface area contributed by atoms with Crippen molar-refractivity contribution in [2.45, 2.75) is 25.3 Å². The van der Waals surface area contributed by atoms with Crippen molar-refractivity contribution in [2.24, 2.45) is 5.92 Å². The van der Waals surface area contributed by atoms with E-state index in [1.165, 1.54) is 0 Å². The molecular formula is C21H23Cl2N5O2. The van der Waals surface area contributed by atoms with Gasteiger partial charge in [0.15, 0.2) is 5.82 Å². The number of halogens is 2. The molecule has 1 atom stereocenters. The number of carbonyl (C=O) groups excluding carboxylic acids is 2. The summed E-state index contributed by atoms with van der Waals surface area (Å²) in [6.45, 7) is 1.76. The number of rotatable bonds is 4. The molecule has 0 bridgehead atoms. The van der Waals surface area contributed by atoms with E-state index in [-0.39, 0.29) is 17.9 Å². The van der Waals surface area contributed by atoms with E-state index in [1.807, 2.05) is 24.1 Å². The molecule has 0 aliphatic carbocycles. The molecular weight excluding hydrogens is 425 g/mol. The van der Waals surface area contributed by atoms with Gasteiger partial charge in [-0.2, -0.15) is 5.10 Å². The van der Waals surface area contributed by atoms with Gasteiger partial charge < -0.3 is 14.7 Å². The van der Waals surface area contributed by atoms with Gasteiger partial charge in [-0.05, 0) is 49.6 Å². The van der Waals surface area contributed by atoms with Gasteiger partial charge in [-0.25, -0.2) is 0 Å². The molecule has 30 heavy (non-hydrogen) atoms. The molecule has 9 heteroatoms. The summed E-state index contributed by atoms with van der Waals surface area (Å²) in [6.07, 6.45) is 3.82. The van der Waals surface area contributed by atoms with Crippen LogP contribution in [0.1, 0.15) is 19.3 Å². The van der Waals surface area contributed by atoms with Crippen molar-refractivity contribution in [3.63, 3.8) is 0 Å². The third-order valence-electron chi connectivity index (χ3n) is 5.96. The molecule has 2 aliphatic rings. The number of benzene rings is 1. The SMILES string of the molecule is CN(c1cccnn1)C1CCN(C(=O)C2CCN(c3ccc(Cl)c(Cl)c3)C2=O)CC1. The Hall–Kier alpha value is -2.38. The van der Waals surface area contributed by atoms with Gasteiger partial charge in [0, 0.05) is 44.6 Å². The van der Waals surface area contributed by atoms with Crippen molar-refractivity contribution in [2.75, 3.05) is 36.5 Å². The van der Waals surface area contributed by atoms with Crippen LogP contribution >= 0.6 is 23.2 Å². The monoisotopic (exact) mass is 447 g/mol. The Morgan fingerprint density at radius 1 is 1.10 bits per heavy atom. The van der Waals surface area contributed by atoms with E-state index in [9.17, 15) is 9.59 Å². The van der Waals surface area contributed by atoms with Crippen molar-refractivity contribution in [3.8, 4) is 0 Å². The second kappa shape index (κ2) is 8.78. The molecule has 1 unspecified atom stereocenters. The molecule has 1 aromatic heterocycles. The minimum absolute atomic E-state index is 0.0804. The molecule has 2 saturated heterocycles. The number of piperidine rings is 1. The Morgan fingerprint density at radius 3 is 2.53 bits per heavy atom. The first-order chi connectivity index (χ1) is 14.5. The Balaban J connectivity index is 1.36. The van der Waals surface area contributed by atoms with Gasteiger partial charge in [-0.3, -0.25) is 9.59 Å². The maximum absolute atomic E-state index is 13.1. The van der Waals surface area contributed by atoms with Crippen molar-refractivity contribution in [3.05, 3.63) is 46.6 Å². The normalized spacial score (nSPS) is 20.0. The van der Waals surface area contributed by atoms with Crippen LogP contribution < -0.4 is 9.80 Å². The fourth-order valence-electron chi connectivity index (χ4n) is 4.18. The van der Waals surface area contributed by atoms with Crippen molar-refractivity contribution < 1.29 is 9.59 Å². The van der Waals surface area contributed by atoms with Gasteiger partial charge in [0.05, 0.1) is 10.0 Å². The van der Waals surface area contributed by atoms with Crippen molar-refractivity contribution in [1.82, 2.24) is 15.1 Å². The summed E-state index contributed by atoms with van der Waals surface area (Å²) in [5, 5.41) is 8.92. The molecule has 2 aromatic rings. The van der Waals surface area contributed by atoms with Crippen molar-refractivity contribution >= 4 is 46.5 Å². The van der Waals surface area contributed by atoms with E-state index in [0.717, 1.165) is 18.7 Å². The number of nitrogens with zero attached hydrogens (tertiary/aromatic N) is 5. The smallest absolute Gasteiger partial charge is 0.239 e. The minimum atomic E-state index is -0.631. The number of amides is 2. The predicted molar refractivity (Wildman–Crippen MR) is 117 cm³/mol. The fraction of sp³-hybridized carbons (Fsp3) is 0.429. The maximum atomic E-state index is 13.1. The standard InChI is InChI=1S/C21H23Cl2N5O2/c1-26(19-3-2-9-24-25-19)14-6-10-27(11-7-14)20(29)16-8-12-28(21(16)30)15-4-5-17(22)18(23)13-15/h2-5,9,13-14,16H,6-8,10-12H2,1H3. The van der Waals surface area contributed by atoms with Crippen LogP contribution in [0.3, 0.4) is 0 Å². The summed E-state index contributed by atoms with van der Waals surface area (Å²) in [7, 11) is 2.00. The molecule has 4 rings (SSSR count). The Labute approximate surface area is 185 Å². The van der Waals surface area contributed by atoms with Crippen LogP contribution in [0.15, 0.2) is 36.5 Å². The summed E-state index contributed by atoms with van der Waals surface area (Å²) in [5.41, 5.74) is 0.675. The lowest BCUT2D eigenvalue weighted by molar-refractivity contribution is -0.140. The highest BCUT2D eigenvalue weighted by Crippen LogP contribution is 2.32. The fourth-order valence-corrected chi connectivity index (χ4v) is 4.47. The first kappa shape index (κ1) is 20.9. The van der Waals surface area contributed by atoms with E-state index in [0.29, 0.717) is 41.8 Å². The van der Waals surface area contributed by atoms with E-state index in [4.69, 9.17) is 23.2 Å². The molecule has 7 nitrogen and oxygen atoms in total. The van der Waals surface area contributed by atoms with Crippen LogP contribution in [0.4, 0.5) is 11.5 Å². The van der Waals surface area contributed by atoms with Crippen LogP contribution in [0.2, 0.25) is 10.0 Å². The summed E-state index contributed by atoms with van der Waals surface area (Å²) < 4.78 is 0. The highest BCUT2D eigenvalue weighted by Gasteiger charge is 2.40. The van der Waals surface area contributed by atoms with Crippen LogP contribution in [0.25, 0.3) is 0 Å². The predicted octanol–water partition coefficient (Wildman–Crippen LogP) is 3.26. The molecule has 2 fully saturated rings. The van der Waals surface area contributed by atoms with Gasteiger partial charge in [0.25, 0.3) is 0 Å². The molecule has 158 valence electrons. The van der Waals surface area contributed by atoms with Crippen LogP contribution in [0.5, 0.6) is 0 Å². The van der Waals surface area contributed by atoms with Gasteiger partial charge in [0.1, 0.15) is 5.92 Å². The molecule has 0 spiro atoms. The number of anilines is 2. The minimum Gasteiger partial charge on any atom is -0.355 e. The third kappa shape index (κ3) is 4.09. The van der Waals surface area contributed by atoms with E-state index >= 15 is 0 Å². The quantitative estimate of drug-likeness (QED) is 0.672. The number of likely N-dealkylation sites (tertiary alicyclic amines) is 1. The lowest BCUT2D eigenvalue weighted by atomic mass is 10.00. The Kier molecular flexibility index (Phi) is 6.11. The zero-order valence-corrected chi connectivity index (χ0v) is 18.2. The molecule has 0 saturated carbocycles. The first-order valence-electron chi connectivity index (χ1n) is 10.0. The maximum Gasteiger partial charge on any atom is 0.239 e. The van der Waals surface area contributed by atoms with Crippen molar-refractivity contribution in [1.29, 1.82) is 0 Å². The van der Waals surface area contributed by atoms with Gasteiger partial charge in [0.2, 0.25) is 11.8 Å². The number of hydrogen-bond donors (Lipinski definition) is 0. The lowest BCUT2D eigenvalue weighted by Crippen LogP contribution is -2.48. The second-order valence-electron chi connectivity index (χ2n) is 7.68. The van der Waals surface area contributed by atoms with E-state index in [1.54, 1.807) is 29.3 Å². The van der Waals surface area contributed by atoms with Gasteiger partial charge in [-0.15, -0.1) is 5.10 Å². The van der Waals surface area contributed by atoms with E-state index in [2.05, 4.69) is 15.1 Å². The average molecular weight is 448 g/mol. The average Bonchev–Trinajstić information content (AvgIpc) is 3.16. The number of hydrogen-bond acceptors (Lipinski definition) is 5. The molecule has 0 N–H and O–H groups in total. The summed E-state index contributed by atoms with van der Waals surface area (Å²) in [4.78, 5) is 31.5. The van der Waals surface area contributed by atoms with Gasteiger partial charge >= 0.3 is 0 Å². The zero-order valence-electron chi connectivity index (χ0n) is 16.7. The molecule has 0 radical (unpaired) electrons. The Morgan fingerprint density at radius 2 is 1.87 bits per heavy atom. The molecule has 2 aliphatic heterocycles. The second-order valence-corrected chi connectivity index (χ2v) is 8.49. The Bertz CT molecular complexity index is 934. The summed E-state index contributed by atoms with van der Waals surface area (Å²) >= 11 is 12.1. The topological polar surface area (TPSA) is 69.6 Å². The summed E-state index contributed by atoms with van der Waals surface area (Å²) in [6, 6.07) is 9.18. The number of carbonyl (C=O) groups is 2. The summed E-state index contributed by atoms with van der Waals surface area (Å²) in [5.74, 6) is -0.0559. The zero-order chi connectivity index (χ0) is 21.3. The number of aromatic nitrogens is 2. The largest absolute Gasteiger partial charge is 0.355 e. The van der Waals surface area contributed by atoms with Crippen LogP contribution in [-0.4, -0.2) is 59.6 Å². The molecule has 2 amide bonds. The molecule has 3 heterocycles. The highest BCUT2D eigenvalue weighted by atomic mass is 35.5. The highest BCUT2D eigenvalue weighted by molar-refractivity contribution is 6.42. The van der Waals surface area contributed by atoms with Crippen LogP contribution in [0, 0.1) is 5.92 Å². The lowest BCUT2D eigenvalue weighted by Gasteiger charge is -2.37. The van der Waals surface area contributed by atoms with Gasteiger partial charge in [-0.1, -0.05) is 23.2 Å².